The number of anilines is 1. The molecule has 10 heteroatoms. The van der Waals surface area contributed by atoms with Gasteiger partial charge in [-0.3, -0.25) is 9.59 Å². The van der Waals surface area contributed by atoms with E-state index in [0.717, 1.165) is 102 Å². The Balaban J connectivity index is 0.00000400. The third-order valence-electron chi connectivity index (χ3n) is 8.32. The first kappa shape index (κ1) is 30.2. The normalized spacial score (nSPS) is 21.7. The lowest BCUT2D eigenvalue weighted by Gasteiger charge is -2.33. The quantitative estimate of drug-likeness (QED) is 0.353. The highest BCUT2D eigenvalue weighted by molar-refractivity contribution is 5.88. The largest absolute Gasteiger partial charge is 0.480 e. The molecule has 4 N–H and O–H groups in total. The molecule has 38 heavy (non-hydrogen) atoms. The summed E-state index contributed by atoms with van der Waals surface area (Å²) in [5.74, 6) is -0.606. The first-order chi connectivity index (χ1) is 17.8. The Hall–Kier alpha value is -2.39. The molecule has 2 amide bonds. The van der Waals surface area contributed by atoms with Gasteiger partial charge in [-0.25, -0.2) is 9.78 Å². The maximum Gasteiger partial charge on any atom is 0.328 e. The lowest BCUT2D eigenvalue weighted by atomic mass is 9.75. The lowest BCUT2D eigenvalue weighted by molar-refractivity contribution is -0.144. The van der Waals surface area contributed by atoms with Crippen LogP contribution in [0.3, 0.4) is 0 Å². The number of nitrogens with zero attached hydrogens (tertiary/aromatic N) is 2. The van der Waals surface area contributed by atoms with Crippen molar-refractivity contribution >= 4 is 36.0 Å². The van der Waals surface area contributed by atoms with Gasteiger partial charge in [-0.15, -0.1) is 12.4 Å². The number of hydrogen-bond donors (Lipinski definition) is 4. The molecule has 1 aliphatic carbocycles. The molecule has 2 fully saturated rings. The smallest absolute Gasteiger partial charge is 0.328 e. The van der Waals surface area contributed by atoms with Crippen LogP contribution in [0.25, 0.3) is 0 Å². The summed E-state index contributed by atoms with van der Waals surface area (Å²) in [4.78, 5) is 44.6. The molecular weight excluding hydrogens is 506 g/mol. The zero-order valence-electron chi connectivity index (χ0n) is 22.6. The molecule has 9 nitrogen and oxygen atoms in total. The van der Waals surface area contributed by atoms with Crippen LogP contribution in [0.4, 0.5) is 5.82 Å². The minimum Gasteiger partial charge on any atom is -0.480 e. The fourth-order valence-corrected chi connectivity index (χ4v) is 5.90. The lowest BCUT2D eigenvalue weighted by Crippen LogP contribution is -2.53. The molecule has 0 radical (unpaired) electrons. The zero-order chi connectivity index (χ0) is 26.3. The molecule has 3 heterocycles. The van der Waals surface area contributed by atoms with E-state index in [9.17, 15) is 19.5 Å². The molecule has 1 saturated heterocycles. The first-order valence-corrected chi connectivity index (χ1v) is 14.1. The number of hydrogen-bond acceptors (Lipinski definition) is 6. The predicted octanol–water partition coefficient (Wildman–Crippen LogP) is 3.16. The molecular formula is C28H44ClN5O4. The van der Waals surface area contributed by atoms with E-state index in [4.69, 9.17) is 4.98 Å². The second-order valence-electron chi connectivity index (χ2n) is 11.3. The number of aromatic nitrogens is 1. The molecule has 1 aromatic heterocycles. The van der Waals surface area contributed by atoms with Crippen molar-refractivity contribution in [2.75, 3.05) is 38.0 Å². The van der Waals surface area contributed by atoms with E-state index in [1.165, 1.54) is 5.56 Å². The van der Waals surface area contributed by atoms with E-state index in [0.29, 0.717) is 6.54 Å². The van der Waals surface area contributed by atoms with Crippen LogP contribution in [0.2, 0.25) is 0 Å². The average Bonchev–Trinajstić information content (AvgIpc) is 2.91. The third kappa shape index (κ3) is 8.06. The summed E-state index contributed by atoms with van der Waals surface area (Å²) in [5, 5.41) is 18.5. The van der Waals surface area contributed by atoms with Crippen molar-refractivity contribution in [3.05, 3.63) is 23.4 Å². The highest BCUT2D eigenvalue weighted by Gasteiger charge is 2.37. The number of nitrogens with one attached hydrogen (secondary N) is 3. The minimum atomic E-state index is -1.12. The number of amides is 2. The fraction of sp³-hybridized carbons (Fsp3) is 0.714. The standard InChI is InChI=1S/C28H43N5O4.ClH/c1-28(13-3-2-4-14-28)27(37)32-23(26(35)36)18-30-25(34)21-9-6-16-33(19-21)17-7-10-22-12-11-20-8-5-15-29-24(20)31-22;/h11-12,21,23H,2-10,13-19H2,1H3,(H,29,31)(H,30,34)(H,32,37)(H,35,36);1H/t21-,23+;/m1./s1. The van der Waals surface area contributed by atoms with E-state index in [1.54, 1.807) is 0 Å². The summed E-state index contributed by atoms with van der Waals surface area (Å²) in [7, 11) is 0. The van der Waals surface area contributed by atoms with Crippen LogP contribution in [-0.4, -0.2) is 71.5 Å². The molecule has 4 rings (SSSR count). The number of piperidine rings is 1. The topological polar surface area (TPSA) is 124 Å². The number of carboxylic acids is 1. The second kappa shape index (κ2) is 14.1. The van der Waals surface area contributed by atoms with E-state index in [-0.39, 0.29) is 36.7 Å². The van der Waals surface area contributed by atoms with Crippen LogP contribution >= 0.6 is 12.4 Å². The SMILES string of the molecule is CC1(C(=O)N[C@@H](CNC(=O)[C@@H]2CCCN(CCCc3ccc4c(n3)NCCC4)C2)C(=O)O)CCCCC1.Cl. The van der Waals surface area contributed by atoms with Crippen molar-refractivity contribution in [3.8, 4) is 0 Å². The van der Waals surface area contributed by atoms with Gasteiger partial charge in [0.05, 0.1) is 5.92 Å². The Morgan fingerprint density at radius 1 is 1.18 bits per heavy atom. The Morgan fingerprint density at radius 3 is 2.74 bits per heavy atom. The van der Waals surface area contributed by atoms with Crippen molar-refractivity contribution < 1.29 is 19.5 Å². The number of pyridine rings is 1. The minimum absolute atomic E-state index is 0. The number of fused-ring (bicyclic) bond motifs is 1. The highest BCUT2D eigenvalue weighted by atomic mass is 35.5. The summed E-state index contributed by atoms with van der Waals surface area (Å²) in [6.07, 6.45) is 10.5. The molecule has 0 spiro atoms. The summed E-state index contributed by atoms with van der Waals surface area (Å²) < 4.78 is 0. The number of likely N-dealkylation sites (tertiary alicyclic amines) is 1. The number of rotatable bonds is 10. The average molecular weight is 550 g/mol. The Bertz CT molecular complexity index is 969. The maximum atomic E-state index is 12.9. The number of halogens is 1. The van der Waals surface area contributed by atoms with Gasteiger partial charge in [0.25, 0.3) is 0 Å². The molecule has 1 saturated carbocycles. The number of aliphatic carboxylic acids is 1. The van der Waals surface area contributed by atoms with E-state index in [2.05, 4.69) is 33.0 Å². The number of carbonyl (C=O) groups is 3. The Labute approximate surface area is 232 Å². The van der Waals surface area contributed by atoms with Crippen molar-refractivity contribution in [3.63, 3.8) is 0 Å². The van der Waals surface area contributed by atoms with Gasteiger partial charge >= 0.3 is 5.97 Å². The van der Waals surface area contributed by atoms with E-state index in [1.807, 2.05) is 6.92 Å². The molecule has 0 unspecified atom stereocenters. The van der Waals surface area contributed by atoms with Gasteiger partial charge in [0.15, 0.2) is 0 Å². The zero-order valence-corrected chi connectivity index (χ0v) is 23.4. The molecule has 1 aromatic rings. The third-order valence-corrected chi connectivity index (χ3v) is 8.32. The molecule has 3 aliphatic rings. The van der Waals surface area contributed by atoms with Crippen LogP contribution in [0.5, 0.6) is 0 Å². The summed E-state index contributed by atoms with van der Waals surface area (Å²) in [6.45, 7) is 5.35. The number of carbonyl (C=O) groups excluding carboxylic acids is 2. The summed E-state index contributed by atoms with van der Waals surface area (Å²) >= 11 is 0. The van der Waals surface area contributed by atoms with Gasteiger partial charge in [-0.05, 0) is 76.1 Å². The van der Waals surface area contributed by atoms with Gasteiger partial charge in [0, 0.05) is 30.7 Å². The Kier molecular flexibility index (Phi) is 11.2. The van der Waals surface area contributed by atoms with Crippen molar-refractivity contribution in [1.82, 2.24) is 20.5 Å². The van der Waals surface area contributed by atoms with Gasteiger partial charge in [0.2, 0.25) is 11.8 Å². The number of carboxylic acid groups (broad SMARTS) is 1. The van der Waals surface area contributed by atoms with Crippen LogP contribution in [0, 0.1) is 11.3 Å². The second-order valence-corrected chi connectivity index (χ2v) is 11.3. The number of aryl methyl sites for hydroxylation is 2. The maximum absolute atomic E-state index is 12.9. The molecule has 2 aliphatic heterocycles. The van der Waals surface area contributed by atoms with Crippen LogP contribution in [-0.2, 0) is 27.2 Å². The molecule has 0 bridgehead atoms. The van der Waals surface area contributed by atoms with Gasteiger partial charge < -0.3 is 26.0 Å². The monoisotopic (exact) mass is 549 g/mol. The predicted molar refractivity (Wildman–Crippen MR) is 150 cm³/mol. The molecule has 0 aromatic carbocycles. The van der Waals surface area contributed by atoms with E-state index >= 15 is 0 Å². The van der Waals surface area contributed by atoms with Gasteiger partial charge in [0.1, 0.15) is 11.9 Å². The van der Waals surface area contributed by atoms with Crippen LogP contribution < -0.4 is 16.0 Å². The molecule has 2 atom stereocenters. The van der Waals surface area contributed by atoms with Gasteiger partial charge in [-0.1, -0.05) is 32.3 Å². The van der Waals surface area contributed by atoms with Crippen LogP contribution in [0.15, 0.2) is 12.1 Å². The van der Waals surface area contributed by atoms with Crippen LogP contribution in [0.1, 0.15) is 76.0 Å². The van der Waals surface area contributed by atoms with Crippen molar-refractivity contribution in [2.24, 2.45) is 11.3 Å². The highest BCUT2D eigenvalue weighted by Crippen LogP contribution is 2.36. The van der Waals surface area contributed by atoms with Crippen molar-refractivity contribution in [2.45, 2.75) is 83.6 Å². The van der Waals surface area contributed by atoms with E-state index < -0.39 is 17.4 Å². The fourth-order valence-electron chi connectivity index (χ4n) is 5.90. The van der Waals surface area contributed by atoms with Crippen molar-refractivity contribution in [1.29, 1.82) is 0 Å². The summed E-state index contributed by atoms with van der Waals surface area (Å²) in [6, 6.07) is 3.20. The van der Waals surface area contributed by atoms with Gasteiger partial charge in [-0.2, -0.15) is 0 Å². The molecule has 212 valence electrons. The first-order valence-electron chi connectivity index (χ1n) is 14.1. The Morgan fingerprint density at radius 2 is 1.97 bits per heavy atom. The summed E-state index contributed by atoms with van der Waals surface area (Å²) in [5.41, 5.74) is 1.88.